The Kier molecular flexibility index (Phi) is 5.92. The van der Waals surface area contributed by atoms with Gasteiger partial charge in [0.15, 0.2) is 0 Å². The van der Waals surface area contributed by atoms with E-state index in [1.807, 2.05) is 0 Å². The van der Waals surface area contributed by atoms with Crippen LogP contribution in [0.2, 0.25) is 0 Å². The van der Waals surface area contributed by atoms with Gasteiger partial charge in [-0.3, -0.25) is 10.2 Å². The third-order valence-electron chi connectivity index (χ3n) is 3.42. The molecule has 0 spiro atoms. The maximum Gasteiger partial charge on any atom is 0.208 e. The highest BCUT2D eigenvalue weighted by Crippen LogP contribution is 2.23. The zero-order valence-corrected chi connectivity index (χ0v) is 15.4. The fourth-order valence-electron chi connectivity index (χ4n) is 2.11. The highest BCUT2D eigenvalue weighted by atomic mass is 32.2. The van der Waals surface area contributed by atoms with E-state index in [2.05, 4.69) is 68.5 Å². The number of benzene rings is 1. The zero-order chi connectivity index (χ0) is 16.8. The quantitative estimate of drug-likeness (QED) is 0.597. The molecule has 0 saturated heterocycles. The topological polar surface area (TPSA) is 83.1 Å². The molecule has 0 radical (unpaired) electrons. The minimum Gasteiger partial charge on any atom is -0.262 e. The Balaban J connectivity index is 1.55. The second kappa shape index (κ2) is 8.34. The lowest BCUT2D eigenvalue weighted by atomic mass is 10.2. The molecular formula is C16H20N6S2. The van der Waals surface area contributed by atoms with Crippen molar-refractivity contribution in [3.8, 4) is 0 Å². The number of aryl methyl sites for hydroxylation is 2. The Morgan fingerprint density at radius 1 is 0.833 bits per heavy atom. The first-order valence-electron chi connectivity index (χ1n) is 7.92. The summed E-state index contributed by atoms with van der Waals surface area (Å²) in [4.78, 5) is 8.85. The number of rotatable bonds is 8. The molecule has 2 N–H and O–H groups in total. The fourth-order valence-corrected chi connectivity index (χ4v) is 3.63. The van der Waals surface area contributed by atoms with Gasteiger partial charge in [0.1, 0.15) is 11.6 Å². The first-order chi connectivity index (χ1) is 11.8. The number of H-pyrrole nitrogens is 2. The van der Waals surface area contributed by atoms with Crippen molar-refractivity contribution in [1.82, 2.24) is 30.4 Å². The first kappa shape index (κ1) is 17.0. The lowest BCUT2D eigenvalue weighted by Crippen LogP contribution is -1.87. The third-order valence-corrected chi connectivity index (χ3v) is 5.26. The van der Waals surface area contributed by atoms with E-state index in [9.17, 15) is 0 Å². The van der Waals surface area contributed by atoms with Crippen molar-refractivity contribution in [2.75, 3.05) is 0 Å². The van der Waals surface area contributed by atoms with Crippen LogP contribution in [0.3, 0.4) is 0 Å². The van der Waals surface area contributed by atoms with Crippen LogP contribution in [0, 0.1) is 0 Å². The Morgan fingerprint density at radius 3 is 1.75 bits per heavy atom. The molecule has 0 bridgehead atoms. The molecule has 24 heavy (non-hydrogen) atoms. The highest BCUT2D eigenvalue weighted by molar-refractivity contribution is 7.98. The Labute approximate surface area is 149 Å². The lowest BCUT2D eigenvalue weighted by molar-refractivity contribution is 0.941. The normalized spacial score (nSPS) is 11.1. The van der Waals surface area contributed by atoms with Gasteiger partial charge in [-0.1, -0.05) is 61.6 Å². The van der Waals surface area contributed by atoms with Gasteiger partial charge < -0.3 is 0 Å². The second-order valence-electron chi connectivity index (χ2n) is 5.23. The van der Waals surface area contributed by atoms with E-state index in [4.69, 9.17) is 0 Å². The molecule has 126 valence electrons. The molecular weight excluding hydrogens is 340 g/mol. The van der Waals surface area contributed by atoms with Crippen LogP contribution in [0.25, 0.3) is 0 Å². The Morgan fingerprint density at radius 2 is 1.33 bits per heavy atom. The van der Waals surface area contributed by atoms with E-state index >= 15 is 0 Å². The maximum absolute atomic E-state index is 4.42. The van der Waals surface area contributed by atoms with Crippen molar-refractivity contribution in [2.24, 2.45) is 0 Å². The van der Waals surface area contributed by atoms with Gasteiger partial charge in [-0.2, -0.15) is 0 Å². The maximum atomic E-state index is 4.42. The number of hydrogen-bond donors (Lipinski definition) is 2. The number of nitrogens with one attached hydrogen (secondary N) is 2. The molecule has 0 aliphatic carbocycles. The summed E-state index contributed by atoms with van der Waals surface area (Å²) < 4.78 is 0. The predicted molar refractivity (Wildman–Crippen MR) is 97.1 cm³/mol. The van der Waals surface area contributed by atoms with E-state index < -0.39 is 0 Å². The SMILES string of the molecule is CCc1nc(SCc2cccc(CSc3n[nH]c(CC)n3)c2)n[nH]1. The van der Waals surface area contributed by atoms with Crippen molar-refractivity contribution < 1.29 is 0 Å². The molecule has 1 aromatic carbocycles. The van der Waals surface area contributed by atoms with Gasteiger partial charge >= 0.3 is 0 Å². The molecule has 0 amide bonds. The molecule has 8 heteroatoms. The van der Waals surface area contributed by atoms with Gasteiger partial charge in [-0.15, -0.1) is 10.2 Å². The summed E-state index contributed by atoms with van der Waals surface area (Å²) in [5.74, 6) is 3.58. The van der Waals surface area contributed by atoms with Gasteiger partial charge in [0.2, 0.25) is 10.3 Å². The molecule has 0 fully saturated rings. The van der Waals surface area contributed by atoms with Gasteiger partial charge in [0, 0.05) is 24.3 Å². The van der Waals surface area contributed by atoms with Crippen LogP contribution in [-0.2, 0) is 24.3 Å². The number of aromatic amines is 2. The molecule has 3 rings (SSSR count). The molecule has 0 saturated carbocycles. The molecule has 0 aliphatic heterocycles. The first-order valence-corrected chi connectivity index (χ1v) is 9.90. The van der Waals surface area contributed by atoms with E-state index in [0.29, 0.717) is 0 Å². The minimum atomic E-state index is 0.805. The zero-order valence-electron chi connectivity index (χ0n) is 13.7. The monoisotopic (exact) mass is 360 g/mol. The summed E-state index contributed by atoms with van der Waals surface area (Å²) in [6.07, 6.45) is 1.75. The van der Waals surface area contributed by atoms with Crippen molar-refractivity contribution in [2.45, 2.75) is 48.5 Å². The third kappa shape index (κ3) is 4.61. The standard InChI is InChI=1S/C16H20N6S2/c1-3-13-17-15(21-19-13)23-9-11-6-5-7-12(8-11)10-24-16-18-14(4-2)20-22-16/h5-8H,3-4,9-10H2,1-2H3,(H,17,19,21)(H,18,20,22). The molecule has 2 aromatic heterocycles. The van der Waals surface area contributed by atoms with Crippen molar-refractivity contribution >= 4 is 23.5 Å². The molecule has 2 heterocycles. The van der Waals surface area contributed by atoms with Crippen LogP contribution < -0.4 is 0 Å². The van der Waals surface area contributed by atoms with Gasteiger partial charge in [-0.05, 0) is 11.1 Å². The highest BCUT2D eigenvalue weighted by Gasteiger charge is 2.06. The fraction of sp³-hybridized carbons (Fsp3) is 0.375. The van der Waals surface area contributed by atoms with E-state index in [1.165, 1.54) is 11.1 Å². The van der Waals surface area contributed by atoms with E-state index in [1.54, 1.807) is 23.5 Å². The summed E-state index contributed by atoms with van der Waals surface area (Å²) in [6, 6.07) is 8.59. The van der Waals surface area contributed by atoms with Crippen LogP contribution in [0.1, 0.15) is 36.6 Å². The van der Waals surface area contributed by atoms with E-state index in [0.717, 1.165) is 46.3 Å². The number of nitrogens with zero attached hydrogens (tertiary/aromatic N) is 4. The average Bonchev–Trinajstić information content (AvgIpc) is 3.27. The number of aromatic nitrogens is 6. The predicted octanol–water partition coefficient (Wildman–Crippen LogP) is 3.63. The molecule has 0 unspecified atom stereocenters. The summed E-state index contributed by atoms with van der Waals surface area (Å²) >= 11 is 3.30. The summed E-state index contributed by atoms with van der Waals surface area (Å²) in [7, 11) is 0. The minimum absolute atomic E-state index is 0.805. The lowest BCUT2D eigenvalue weighted by Gasteiger charge is -2.03. The van der Waals surface area contributed by atoms with Crippen molar-refractivity contribution in [1.29, 1.82) is 0 Å². The largest absolute Gasteiger partial charge is 0.262 e. The Bertz CT molecular complexity index is 721. The molecule has 0 aliphatic rings. The van der Waals surface area contributed by atoms with Gasteiger partial charge in [0.05, 0.1) is 0 Å². The van der Waals surface area contributed by atoms with Gasteiger partial charge in [0.25, 0.3) is 0 Å². The van der Waals surface area contributed by atoms with Crippen LogP contribution in [0.15, 0.2) is 34.6 Å². The number of hydrogen-bond acceptors (Lipinski definition) is 6. The van der Waals surface area contributed by atoms with Crippen LogP contribution in [-0.4, -0.2) is 30.4 Å². The molecule has 3 aromatic rings. The van der Waals surface area contributed by atoms with Crippen LogP contribution in [0.5, 0.6) is 0 Å². The average molecular weight is 361 g/mol. The summed E-state index contributed by atoms with van der Waals surface area (Å²) in [6.45, 7) is 4.13. The van der Waals surface area contributed by atoms with Gasteiger partial charge in [-0.25, -0.2) is 9.97 Å². The van der Waals surface area contributed by atoms with Crippen LogP contribution in [0.4, 0.5) is 0 Å². The molecule has 6 nitrogen and oxygen atoms in total. The summed E-state index contributed by atoms with van der Waals surface area (Å²) in [5.41, 5.74) is 2.54. The van der Waals surface area contributed by atoms with Crippen molar-refractivity contribution in [3.05, 3.63) is 47.0 Å². The van der Waals surface area contributed by atoms with E-state index in [-0.39, 0.29) is 0 Å². The molecule has 0 atom stereocenters. The second-order valence-corrected chi connectivity index (χ2v) is 7.12. The van der Waals surface area contributed by atoms with Crippen LogP contribution >= 0.6 is 23.5 Å². The number of thioether (sulfide) groups is 2. The Hall–Kier alpha value is -1.80. The smallest absolute Gasteiger partial charge is 0.208 e. The summed E-state index contributed by atoms with van der Waals surface area (Å²) in [5, 5.41) is 15.9. The van der Waals surface area contributed by atoms with Crippen molar-refractivity contribution in [3.63, 3.8) is 0 Å².